The summed E-state index contributed by atoms with van der Waals surface area (Å²) in [6, 6.07) is 4.87. The van der Waals surface area contributed by atoms with Crippen molar-refractivity contribution in [2.75, 3.05) is 19.9 Å². The van der Waals surface area contributed by atoms with E-state index in [0.717, 1.165) is 0 Å². The molecule has 2 aliphatic heterocycles. The van der Waals surface area contributed by atoms with Crippen LogP contribution in [0, 0.1) is 11.8 Å². The number of ether oxygens (including phenoxy) is 3. The second-order valence-electron chi connectivity index (χ2n) is 5.03. The summed E-state index contributed by atoms with van der Waals surface area (Å²) in [5.74, 6) is 7.31. The van der Waals surface area contributed by atoms with Crippen LogP contribution in [0.2, 0.25) is 0 Å². The summed E-state index contributed by atoms with van der Waals surface area (Å²) in [4.78, 5) is 22.7. The molecule has 1 saturated heterocycles. The zero-order valence-corrected chi connectivity index (χ0v) is 12.4. The molecule has 7 heteroatoms. The van der Waals surface area contributed by atoms with Gasteiger partial charge in [0.15, 0.2) is 11.5 Å². The molecule has 120 valence electrons. The number of nitrogens with one attached hydrogen (secondary N) is 2. The summed E-state index contributed by atoms with van der Waals surface area (Å²) >= 11 is 0. The topological polar surface area (TPSA) is 85.9 Å². The zero-order valence-electron chi connectivity index (χ0n) is 12.4. The number of carbonyl (C=O) groups is 2. The molecular formula is C16H16N2O5. The van der Waals surface area contributed by atoms with Crippen molar-refractivity contribution in [3.63, 3.8) is 0 Å². The smallest absolute Gasteiger partial charge is 0.243 e. The summed E-state index contributed by atoms with van der Waals surface area (Å²) in [7, 11) is 0. The molecule has 2 amide bonds. The second kappa shape index (κ2) is 6.92. The largest absolute Gasteiger partial charge is 0.481 e. The highest BCUT2D eigenvalue weighted by Crippen LogP contribution is 2.34. The van der Waals surface area contributed by atoms with Gasteiger partial charge < -0.3 is 24.8 Å². The summed E-state index contributed by atoms with van der Waals surface area (Å²) in [5.41, 5.74) is 0. The fourth-order valence-electron chi connectivity index (χ4n) is 2.26. The molecule has 3 rings (SSSR count). The van der Waals surface area contributed by atoms with Crippen molar-refractivity contribution in [1.29, 1.82) is 0 Å². The molecule has 0 radical (unpaired) electrons. The third kappa shape index (κ3) is 3.86. The van der Waals surface area contributed by atoms with Crippen molar-refractivity contribution in [2.24, 2.45) is 0 Å². The fraction of sp³-hybridized carbons (Fsp3) is 0.375. The Morgan fingerprint density at radius 3 is 3.04 bits per heavy atom. The van der Waals surface area contributed by atoms with Gasteiger partial charge in [0.25, 0.3) is 0 Å². The molecule has 0 bridgehead atoms. The maximum atomic E-state index is 11.7. The number of hydrogen-bond donors (Lipinski definition) is 2. The summed E-state index contributed by atoms with van der Waals surface area (Å²) in [6.45, 7) is 0.644. The average molecular weight is 316 g/mol. The Labute approximate surface area is 133 Å². The molecule has 23 heavy (non-hydrogen) atoms. The molecule has 0 spiro atoms. The van der Waals surface area contributed by atoms with E-state index in [1.807, 2.05) is 0 Å². The molecule has 0 aliphatic carbocycles. The lowest BCUT2D eigenvalue weighted by atomic mass is 10.2. The van der Waals surface area contributed by atoms with E-state index in [1.54, 1.807) is 18.2 Å². The van der Waals surface area contributed by atoms with Crippen molar-refractivity contribution in [3.05, 3.63) is 18.2 Å². The first-order valence-electron chi connectivity index (χ1n) is 7.27. The van der Waals surface area contributed by atoms with Crippen LogP contribution < -0.4 is 24.8 Å². The molecular weight excluding hydrogens is 300 g/mol. The third-order valence-electron chi connectivity index (χ3n) is 3.44. The van der Waals surface area contributed by atoms with Gasteiger partial charge in [-0.2, -0.15) is 0 Å². The van der Waals surface area contributed by atoms with Crippen LogP contribution in [-0.2, 0) is 9.59 Å². The van der Waals surface area contributed by atoms with Gasteiger partial charge >= 0.3 is 0 Å². The predicted molar refractivity (Wildman–Crippen MR) is 80.0 cm³/mol. The number of carbonyl (C=O) groups excluding carboxylic acids is 2. The van der Waals surface area contributed by atoms with Gasteiger partial charge in [-0.05, 0) is 18.6 Å². The summed E-state index contributed by atoms with van der Waals surface area (Å²) in [6.07, 6.45) is 0.929. The summed E-state index contributed by atoms with van der Waals surface area (Å²) in [5, 5.41) is 5.26. The van der Waals surface area contributed by atoms with Gasteiger partial charge in [-0.15, -0.1) is 0 Å². The van der Waals surface area contributed by atoms with Crippen LogP contribution in [-0.4, -0.2) is 37.8 Å². The standard InChI is InChI=1S/C16H16N2O5/c19-15-6-4-12(18-15)16(20)17-7-1-2-8-21-11-3-5-13-14(9-11)23-10-22-13/h3,5,9,12H,4,6-8,10H2,(H,17,20)(H,18,19)/t12-/m1/s1. The number of rotatable bonds is 4. The Morgan fingerprint density at radius 2 is 2.22 bits per heavy atom. The van der Waals surface area contributed by atoms with Gasteiger partial charge in [0, 0.05) is 12.5 Å². The molecule has 1 fully saturated rings. The normalized spacial score (nSPS) is 17.9. The molecule has 2 heterocycles. The molecule has 2 aliphatic rings. The lowest BCUT2D eigenvalue weighted by Crippen LogP contribution is -2.41. The van der Waals surface area contributed by atoms with Gasteiger partial charge in [0.1, 0.15) is 18.4 Å². The number of amides is 2. The van der Waals surface area contributed by atoms with E-state index >= 15 is 0 Å². The van der Waals surface area contributed by atoms with Gasteiger partial charge in [-0.25, -0.2) is 0 Å². The first-order valence-corrected chi connectivity index (χ1v) is 7.27. The van der Waals surface area contributed by atoms with Crippen molar-refractivity contribution in [2.45, 2.75) is 18.9 Å². The van der Waals surface area contributed by atoms with Crippen LogP contribution in [0.3, 0.4) is 0 Å². The Morgan fingerprint density at radius 1 is 1.35 bits per heavy atom. The average Bonchev–Trinajstić information content (AvgIpc) is 3.18. The first-order chi connectivity index (χ1) is 11.2. The Balaban J connectivity index is 1.37. The Kier molecular flexibility index (Phi) is 4.52. The van der Waals surface area contributed by atoms with Crippen LogP contribution in [0.25, 0.3) is 0 Å². The maximum Gasteiger partial charge on any atom is 0.243 e. The van der Waals surface area contributed by atoms with E-state index in [2.05, 4.69) is 22.5 Å². The molecule has 0 saturated carbocycles. The van der Waals surface area contributed by atoms with Gasteiger partial charge in [-0.3, -0.25) is 9.59 Å². The van der Waals surface area contributed by atoms with Gasteiger partial charge in [0.2, 0.25) is 18.6 Å². The predicted octanol–water partition coefficient (Wildman–Crippen LogP) is 0.192. The van der Waals surface area contributed by atoms with Crippen LogP contribution in [0.4, 0.5) is 0 Å². The van der Waals surface area contributed by atoms with E-state index in [4.69, 9.17) is 14.2 Å². The zero-order chi connectivity index (χ0) is 16.1. The van der Waals surface area contributed by atoms with Crippen LogP contribution in [0.15, 0.2) is 18.2 Å². The highest BCUT2D eigenvalue weighted by Gasteiger charge is 2.26. The summed E-state index contributed by atoms with van der Waals surface area (Å²) < 4.78 is 15.9. The lowest BCUT2D eigenvalue weighted by Gasteiger charge is -2.08. The molecule has 0 unspecified atom stereocenters. The molecule has 7 nitrogen and oxygen atoms in total. The van der Waals surface area contributed by atoms with E-state index in [9.17, 15) is 9.59 Å². The monoisotopic (exact) mass is 316 g/mol. The van der Waals surface area contributed by atoms with Crippen LogP contribution in [0.5, 0.6) is 17.2 Å². The Bertz CT molecular complexity index is 677. The number of benzene rings is 1. The highest BCUT2D eigenvalue weighted by atomic mass is 16.7. The SMILES string of the molecule is O=C1CC[C@H](C(=O)NCC#CCOc2ccc3c(c2)OCO3)N1. The molecule has 1 aromatic carbocycles. The quantitative estimate of drug-likeness (QED) is 0.775. The molecule has 2 N–H and O–H groups in total. The van der Waals surface area contributed by atoms with Crippen molar-refractivity contribution < 1.29 is 23.8 Å². The van der Waals surface area contributed by atoms with E-state index in [1.165, 1.54) is 0 Å². The van der Waals surface area contributed by atoms with Gasteiger partial charge in [0.05, 0.1) is 6.54 Å². The molecule has 1 atom stereocenters. The number of fused-ring (bicyclic) bond motifs is 1. The number of hydrogen-bond acceptors (Lipinski definition) is 5. The highest BCUT2D eigenvalue weighted by molar-refractivity contribution is 5.90. The van der Waals surface area contributed by atoms with Gasteiger partial charge in [-0.1, -0.05) is 11.8 Å². The fourth-order valence-corrected chi connectivity index (χ4v) is 2.26. The molecule has 0 aromatic heterocycles. The second-order valence-corrected chi connectivity index (χ2v) is 5.03. The van der Waals surface area contributed by atoms with Crippen LogP contribution >= 0.6 is 0 Å². The first kappa shape index (κ1) is 15.0. The van der Waals surface area contributed by atoms with E-state index < -0.39 is 6.04 Å². The minimum Gasteiger partial charge on any atom is -0.481 e. The third-order valence-corrected chi connectivity index (χ3v) is 3.44. The molecule has 1 aromatic rings. The minimum atomic E-state index is -0.436. The minimum absolute atomic E-state index is 0.0895. The maximum absolute atomic E-state index is 11.7. The van der Waals surface area contributed by atoms with Crippen molar-refractivity contribution in [3.8, 4) is 29.1 Å². The van der Waals surface area contributed by atoms with Crippen molar-refractivity contribution >= 4 is 11.8 Å². The van der Waals surface area contributed by atoms with E-state index in [0.29, 0.717) is 30.1 Å². The van der Waals surface area contributed by atoms with Crippen molar-refractivity contribution in [1.82, 2.24) is 10.6 Å². The van der Waals surface area contributed by atoms with Crippen LogP contribution in [0.1, 0.15) is 12.8 Å². The Hall–Kier alpha value is -2.88. The lowest BCUT2D eigenvalue weighted by molar-refractivity contribution is -0.125. The van der Waals surface area contributed by atoms with E-state index in [-0.39, 0.29) is 31.8 Å².